The van der Waals surface area contributed by atoms with Gasteiger partial charge in [-0.05, 0) is 6.07 Å². The molecule has 0 amide bonds. The van der Waals surface area contributed by atoms with Gasteiger partial charge in [0.05, 0.1) is 0 Å². The van der Waals surface area contributed by atoms with Crippen LogP contribution in [0, 0.1) is 0 Å². The highest BCUT2D eigenvalue weighted by molar-refractivity contribution is 9.09. The molecule has 0 aliphatic carbocycles. The summed E-state index contributed by atoms with van der Waals surface area (Å²) in [6.07, 6.45) is 0. The molecule has 14 heavy (non-hydrogen) atoms. The predicted octanol–water partition coefficient (Wildman–Crippen LogP) is 3.09. The molecule has 1 aliphatic rings. The van der Waals surface area contributed by atoms with Crippen molar-refractivity contribution in [1.82, 2.24) is 0 Å². The second kappa shape index (κ2) is 3.46. The normalized spacial score (nSPS) is 14.5. The molecule has 2 rings (SSSR count). The molecular formula is C11H13BrO2. The first-order valence-corrected chi connectivity index (χ1v) is 5.72. The third-order valence-electron chi connectivity index (χ3n) is 2.46. The number of ether oxygens (including phenoxy) is 2. The molecule has 0 fully saturated rings. The lowest BCUT2D eigenvalue weighted by molar-refractivity contribution is 0.172. The molecule has 1 aromatic carbocycles. The molecule has 0 radical (unpaired) electrons. The number of rotatable bonds is 2. The standard InChI is InChI=1S/C11H13BrO2/c1-11(2,6-12)8-4-3-5-9-10(8)14-7-13-9/h3-5H,6-7H2,1-2H3. The van der Waals surface area contributed by atoms with Crippen molar-refractivity contribution in [3.05, 3.63) is 23.8 Å². The number of hydrogen-bond donors (Lipinski definition) is 0. The number of para-hydroxylation sites is 1. The van der Waals surface area contributed by atoms with Crippen molar-refractivity contribution < 1.29 is 9.47 Å². The second-order valence-electron chi connectivity index (χ2n) is 4.06. The van der Waals surface area contributed by atoms with Gasteiger partial charge in [0, 0.05) is 16.3 Å². The molecule has 1 heterocycles. The van der Waals surface area contributed by atoms with Gasteiger partial charge >= 0.3 is 0 Å². The summed E-state index contributed by atoms with van der Waals surface area (Å²) in [5.74, 6) is 1.76. The van der Waals surface area contributed by atoms with Crippen LogP contribution in [0.15, 0.2) is 18.2 Å². The number of hydrogen-bond acceptors (Lipinski definition) is 2. The van der Waals surface area contributed by atoms with E-state index in [9.17, 15) is 0 Å². The molecule has 0 spiro atoms. The maximum atomic E-state index is 5.47. The van der Waals surface area contributed by atoms with Crippen molar-refractivity contribution in [2.24, 2.45) is 0 Å². The van der Waals surface area contributed by atoms with E-state index in [0.29, 0.717) is 6.79 Å². The molecule has 3 heteroatoms. The molecule has 0 saturated carbocycles. The zero-order chi connectivity index (χ0) is 10.2. The lowest BCUT2D eigenvalue weighted by Crippen LogP contribution is -2.19. The van der Waals surface area contributed by atoms with Gasteiger partial charge in [-0.25, -0.2) is 0 Å². The summed E-state index contributed by atoms with van der Waals surface area (Å²) in [5.41, 5.74) is 1.27. The summed E-state index contributed by atoms with van der Waals surface area (Å²) in [5, 5.41) is 0.903. The molecule has 0 bridgehead atoms. The van der Waals surface area contributed by atoms with E-state index in [4.69, 9.17) is 9.47 Å². The molecule has 0 aromatic heterocycles. The number of fused-ring (bicyclic) bond motifs is 1. The monoisotopic (exact) mass is 256 g/mol. The highest BCUT2D eigenvalue weighted by atomic mass is 79.9. The van der Waals surface area contributed by atoms with E-state index in [0.717, 1.165) is 16.8 Å². The Bertz CT molecular complexity index is 347. The van der Waals surface area contributed by atoms with E-state index in [1.54, 1.807) is 0 Å². The lowest BCUT2D eigenvalue weighted by Gasteiger charge is -2.23. The van der Waals surface area contributed by atoms with E-state index < -0.39 is 0 Å². The maximum Gasteiger partial charge on any atom is 0.231 e. The van der Waals surface area contributed by atoms with Crippen molar-refractivity contribution >= 4 is 15.9 Å². The topological polar surface area (TPSA) is 18.5 Å². The van der Waals surface area contributed by atoms with Crippen LogP contribution in [0.3, 0.4) is 0 Å². The van der Waals surface area contributed by atoms with Crippen molar-refractivity contribution in [1.29, 1.82) is 0 Å². The van der Waals surface area contributed by atoms with E-state index in [1.807, 2.05) is 12.1 Å². The van der Waals surface area contributed by atoms with Crippen LogP contribution in [0.4, 0.5) is 0 Å². The van der Waals surface area contributed by atoms with Crippen LogP contribution in [0.5, 0.6) is 11.5 Å². The van der Waals surface area contributed by atoms with Crippen molar-refractivity contribution in [2.75, 3.05) is 12.1 Å². The molecule has 2 nitrogen and oxygen atoms in total. The van der Waals surface area contributed by atoms with Crippen LogP contribution in [0.2, 0.25) is 0 Å². The molecule has 76 valence electrons. The Morgan fingerprint density at radius 3 is 2.86 bits per heavy atom. The van der Waals surface area contributed by atoms with Crippen LogP contribution < -0.4 is 9.47 Å². The average Bonchev–Trinajstić information content (AvgIpc) is 2.64. The SMILES string of the molecule is CC(C)(CBr)c1cccc2c1OCO2. The Labute approximate surface area is 92.3 Å². The van der Waals surface area contributed by atoms with Crippen LogP contribution >= 0.6 is 15.9 Å². The predicted molar refractivity (Wildman–Crippen MR) is 59.4 cm³/mol. The van der Waals surface area contributed by atoms with Gasteiger partial charge in [-0.15, -0.1) is 0 Å². The van der Waals surface area contributed by atoms with Gasteiger partial charge in [-0.3, -0.25) is 0 Å². The highest BCUT2D eigenvalue weighted by Gasteiger charge is 2.27. The number of alkyl halides is 1. The van der Waals surface area contributed by atoms with E-state index in [1.165, 1.54) is 5.56 Å². The summed E-state index contributed by atoms with van der Waals surface area (Å²) in [7, 11) is 0. The molecule has 1 aromatic rings. The third kappa shape index (κ3) is 1.50. The molecular weight excluding hydrogens is 244 g/mol. The Morgan fingerprint density at radius 2 is 2.14 bits per heavy atom. The number of benzene rings is 1. The van der Waals surface area contributed by atoms with Crippen molar-refractivity contribution in [3.8, 4) is 11.5 Å². The van der Waals surface area contributed by atoms with E-state index >= 15 is 0 Å². The molecule has 1 aliphatic heterocycles. The fourth-order valence-corrected chi connectivity index (χ4v) is 1.84. The van der Waals surface area contributed by atoms with E-state index in [-0.39, 0.29) is 5.41 Å². The fourth-order valence-electron chi connectivity index (χ4n) is 1.54. The van der Waals surface area contributed by atoms with Gasteiger partial charge in [-0.2, -0.15) is 0 Å². The summed E-state index contributed by atoms with van der Waals surface area (Å²) >= 11 is 3.52. The average molecular weight is 257 g/mol. The minimum Gasteiger partial charge on any atom is -0.454 e. The minimum absolute atomic E-state index is 0.0685. The first kappa shape index (κ1) is 9.84. The fraction of sp³-hybridized carbons (Fsp3) is 0.455. The summed E-state index contributed by atoms with van der Waals surface area (Å²) in [4.78, 5) is 0. The summed E-state index contributed by atoms with van der Waals surface area (Å²) < 4.78 is 10.8. The zero-order valence-electron chi connectivity index (χ0n) is 8.34. The van der Waals surface area contributed by atoms with Crippen molar-refractivity contribution in [3.63, 3.8) is 0 Å². The van der Waals surface area contributed by atoms with E-state index in [2.05, 4.69) is 35.8 Å². The Hall–Kier alpha value is -0.700. The van der Waals surface area contributed by atoms with Gasteiger partial charge in [0.2, 0.25) is 6.79 Å². The maximum absolute atomic E-state index is 5.47. The summed E-state index contributed by atoms with van der Waals surface area (Å²) in [6, 6.07) is 6.04. The van der Waals surface area contributed by atoms with Gasteiger partial charge < -0.3 is 9.47 Å². The van der Waals surface area contributed by atoms with Gasteiger partial charge in [0.25, 0.3) is 0 Å². The minimum atomic E-state index is 0.0685. The Balaban J connectivity index is 2.49. The number of halogens is 1. The van der Waals surface area contributed by atoms with Gasteiger partial charge in [-0.1, -0.05) is 41.9 Å². The van der Waals surface area contributed by atoms with Crippen molar-refractivity contribution in [2.45, 2.75) is 19.3 Å². The Morgan fingerprint density at radius 1 is 1.36 bits per heavy atom. The molecule has 0 saturated heterocycles. The summed E-state index contributed by atoms with van der Waals surface area (Å²) in [6.45, 7) is 4.70. The first-order valence-electron chi connectivity index (χ1n) is 4.60. The molecule has 0 atom stereocenters. The quantitative estimate of drug-likeness (QED) is 0.758. The Kier molecular flexibility index (Phi) is 2.43. The van der Waals surface area contributed by atoms with Crippen LogP contribution in [-0.4, -0.2) is 12.1 Å². The van der Waals surface area contributed by atoms with Gasteiger partial charge in [0.1, 0.15) is 0 Å². The molecule has 0 unspecified atom stereocenters. The molecule has 0 N–H and O–H groups in total. The van der Waals surface area contributed by atoms with Gasteiger partial charge in [0.15, 0.2) is 11.5 Å². The largest absolute Gasteiger partial charge is 0.454 e. The lowest BCUT2D eigenvalue weighted by atomic mass is 9.86. The zero-order valence-corrected chi connectivity index (χ0v) is 9.93. The van der Waals surface area contributed by atoms with Crippen LogP contribution in [0.1, 0.15) is 19.4 Å². The second-order valence-corrected chi connectivity index (χ2v) is 4.62. The smallest absolute Gasteiger partial charge is 0.231 e. The highest BCUT2D eigenvalue weighted by Crippen LogP contribution is 2.41. The van der Waals surface area contributed by atoms with Crippen LogP contribution in [0.25, 0.3) is 0 Å². The van der Waals surface area contributed by atoms with Crippen LogP contribution in [-0.2, 0) is 5.41 Å². The first-order chi connectivity index (χ1) is 6.65. The third-order valence-corrected chi connectivity index (χ3v) is 3.86.